The number of para-hydroxylation sites is 1. The number of aryl methyl sites for hydroxylation is 1. The molecule has 3 rings (SSSR count). The monoisotopic (exact) mass is 337 g/mol. The van der Waals surface area contributed by atoms with Gasteiger partial charge in [0.05, 0.1) is 24.0 Å². The van der Waals surface area contributed by atoms with Crippen LogP contribution in [0.5, 0.6) is 5.75 Å². The van der Waals surface area contributed by atoms with Crippen LogP contribution in [0.4, 0.5) is 0 Å². The molecular formula is C19H15NO5. The molecule has 0 aliphatic heterocycles. The van der Waals surface area contributed by atoms with E-state index >= 15 is 0 Å². The van der Waals surface area contributed by atoms with Gasteiger partial charge in [-0.2, -0.15) is 5.26 Å². The predicted molar refractivity (Wildman–Crippen MR) is 91.5 cm³/mol. The molecule has 1 heterocycles. The van der Waals surface area contributed by atoms with Gasteiger partial charge in [0.2, 0.25) is 5.43 Å². The van der Waals surface area contributed by atoms with Crippen LogP contribution in [-0.2, 0) is 11.2 Å². The van der Waals surface area contributed by atoms with Gasteiger partial charge in [0, 0.05) is 12.0 Å². The standard InChI is InChI=1S/C19H15NO5/c1-24-19(23)14-10-13-16(21)11-6-2-3-8-15(11)25-18(13)12(17(14)22)7-4-5-9-20/h2-3,6,8,10,22H,4-5,7H2,1H3. The van der Waals surface area contributed by atoms with E-state index in [1.165, 1.54) is 13.2 Å². The van der Waals surface area contributed by atoms with Gasteiger partial charge >= 0.3 is 5.97 Å². The van der Waals surface area contributed by atoms with E-state index in [9.17, 15) is 14.7 Å². The molecule has 6 nitrogen and oxygen atoms in total. The van der Waals surface area contributed by atoms with Crippen molar-refractivity contribution in [1.29, 1.82) is 5.26 Å². The highest BCUT2D eigenvalue weighted by Crippen LogP contribution is 2.33. The molecule has 0 spiro atoms. The summed E-state index contributed by atoms with van der Waals surface area (Å²) in [4.78, 5) is 24.8. The van der Waals surface area contributed by atoms with Gasteiger partial charge < -0.3 is 14.3 Å². The second kappa shape index (κ2) is 6.65. The van der Waals surface area contributed by atoms with Crippen LogP contribution in [0.15, 0.2) is 39.5 Å². The number of hydrogen-bond donors (Lipinski definition) is 1. The smallest absolute Gasteiger partial charge is 0.341 e. The third-order valence-corrected chi connectivity index (χ3v) is 4.06. The van der Waals surface area contributed by atoms with Crippen molar-refractivity contribution in [2.75, 3.05) is 7.11 Å². The third kappa shape index (κ3) is 2.81. The summed E-state index contributed by atoms with van der Waals surface area (Å²) in [6.07, 6.45) is 1.03. The molecule has 2 aromatic carbocycles. The van der Waals surface area contributed by atoms with Crippen molar-refractivity contribution in [3.8, 4) is 11.8 Å². The zero-order chi connectivity index (χ0) is 18.0. The van der Waals surface area contributed by atoms with E-state index in [0.717, 1.165) is 0 Å². The number of hydrogen-bond acceptors (Lipinski definition) is 6. The summed E-state index contributed by atoms with van der Waals surface area (Å²) in [5, 5.41) is 19.8. The van der Waals surface area contributed by atoms with Crippen LogP contribution in [-0.4, -0.2) is 18.2 Å². The van der Waals surface area contributed by atoms with Gasteiger partial charge in [-0.1, -0.05) is 12.1 Å². The van der Waals surface area contributed by atoms with Crippen molar-refractivity contribution in [2.45, 2.75) is 19.3 Å². The first-order valence-corrected chi connectivity index (χ1v) is 7.74. The van der Waals surface area contributed by atoms with E-state index in [2.05, 4.69) is 0 Å². The fourth-order valence-electron chi connectivity index (χ4n) is 2.84. The molecule has 25 heavy (non-hydrogen) atoms. The first-order chi connectivity index (χ1) is 12.1. The molecule has 126 valence electrons. The van der Waals surface area contributed by atoms with E-state index in [0.29, 0.717) is 29.4 Å². The van der Waals surface area contributed by atoms with Gasteiger partial charge in [-0.15, -0.1) is 0 Å². The number of methoxy groups -OCH3 is 1. The zero-order valence-electron chi connectivity index (χ0n) is 13.5. The number of rotatable bonds is 4. The maximum atomic E-state index is 12.8. The molecule has 3 aromatic rings. The highest BCUT2D eigenvalue weighted by atomic mass is 16.5. The Morgan fingerprint density at radius 2 is 2.08 bits per heavy atom. The van der Waals surface area contributed by atoms with Crippen molar-refractivity contribution in [2.24, 2.45) is 0 Å². The summed E-state index contributed by atoms with van der Waals surface area (Å²) in [6.45, 7) is 0. The van der Waals surface area contributed by atoms with Crippen LogP contribution >= 0.6 is 0 Å². The van der Waals surface area contributed by atoms with Crippen LogP contribution in [0.1, 0.15) is 28.8 Å². The Balaban J connectivity index is 2.38. The van der Waals surface area contributed by atoms with Crippen LogP contribution in [0.25, 0.3) is 21.9 Å². The summed E-state index contributed by atoms with van der Waals surface area (Å²) in [7, 11) is 1.20. The summed E-state index contributed by atoms with van der Waals surface area (Å²) in [5.74, 6) is -1.02. The molecule has 0 atom stereocenters. The van der Waals surface area contributed by atoms with Crippen molar-refractivity contribution >= 4 is 27.9 Å². The summed E-state index contributed by atoms with van der Waals surface area (Å²) in [5.41, 5.74) is 0.572. The lowest BCUT2D eigenvalue weighted by Gasteiger charge is -2.12. The molecule has 0 amide bonds. The van der Waals surface area contributed by atoms with Crippen LogP contribution in [0, 0.1) is 11.3 Å². The third-order valence-electron chi connectivity index (χ3n) is 4.06. The number of unbranched alkanes of at least 4 members (excludes halogenated alkanes) is 1. The summed E-state index contributed by atoms with van der Waals surface area (Å²) < 4.78 is 10.5. The van der Waals surface area contributed by atoms with E-state index < -0.39 is 5.97 Å². The Kier molecular flexibility index (Phi) is 4.40. The molecule has 1 aromatic heterocycles. The molecule has 0 aliphatic rings. The first kappa shape index (κ1) is 16.5. The van der Waals surface area contributed by atoms with Crippen LogP contribution < -0.4 is 5.43 Å². The average Bonchev–Trinajstić information content (AvgIpc) is 2.63. The zero-order valence-corrected chi connectivity index (χ0v) is 13.5. The number of fused-ring (bicyclic) bond motifs is 2. The maximum Gasteiger partial charge on any atom is 0.341 e. The molecule has 0 aliphatic carbocycles. The summed E-state index contributed by atoms with van der Waals surface area (Å²) >= 11 is 0. The minimum Gasteiger partial charge on any atom is -0.507 e. The Morgan fingerprint density at radius 3 is 2.80 bits per heavy atom. The Bertz CT molecular complexity index is 1080. The maximum absolute atomic E-state index is 12.8. The highest BCUT2D eigenvalue weighted by Gasteiger charge is 2.22. The molecular weight excluding hydrogens is 322 g/mol. The fourth-order valence-corrected chi connectivity index (χ4v) is 2.84. The van der Waals surface area contributed by atoms with Gasteiger partial charge in [0.15, 0.2) is 0 Å². The fraction of sp³-hybridized carbons (Fsp3) is 0.211. The Hall–Kier alpha value is -3.33. The molecule has 1 N–H and O–H groups in total. The topological polar surface area (TPSA) is 101 Å². The molecule has 0 unspecified atom stereocenters. The largest absolute Gasteiger partial charge is 0.507 e. The minimum atomic E-state index is -0.742. The van der Waals surface area contributed by atoms with E-state index in [-0.39, 0.29) is 34.1 Å². The average molecular weight is 337 g/mol. The van der Waals surface area contributed by atoms with Gasteiger partial charge in [0.1, 0.15) is 22.5 Å². The number of esters is 1. The van der Waals surface area contributed by atoms with E-state index in [1.54, 1.807) is 24.3 Å². The van der Waals surface area contributed by atoms with E-state index in [1.807, 2.05) is 6.07 Å². The number of nitrogens with zero attached hydrogens (tertiary/aromatic N) is 1. The highest BCUT2D eigenvalue weighted by molar-refractivity contribution is 6.01. The SMILES string of the molecule is COC(=O)c1cc2c(=O)c3ccccc3oc2c(CCCC#N)c1O. The normalized spacial score (nSPS) is 10.7. The Labute approximate surface area is 142 Å². The minimum absolute atomic E-state index is 0.0930. The molecule has 0 saturated heterocycles. The molecule has 0 bridgehead atoms. The van der Waals surface area contributed by atoms with E-state index in [4.69, 9.17) is 14.4 Å². The van der Waals surface area contributed by atoms with Crippen molar-refractivity contribution in [3.05, 3.63) is 51.7 Å². The molecule has 0 fully saturated rings. The second-order valence-electron chi connectivity index (χ2n) is 5.56. The second-order valence-corrected chi connectivity index (χ2v) is 5.56. The molecule has 6 heteroatoms. The van der Waals surface area contributed by atoms with Gasteiger partial charge in [-0.3, -0.25) is 4.79 Å². The van der Waals surface area contributed by atoms with Crippen LogP contribution in [0.2, 0.25) is 0 Å². The molecule has 0 radical (unpaired) electrons. The quantitative estimate of drug-likeness (QED) is 0.445. The summed E-state index contributed by atoms with van der Waals surface area (Å²) in [6, 6.07) is 10.1. The Morgan fingerprint density at radius 1 is 1.32 bits per heavy atom. The lowest BCUT2D eigenvalue weighted by molar-refractivity contribution is 0.0597. The lowest BCUT2D eigenvalue weighted by atomic mass is 9.98. The predicted octanol–water partition coefficient (Wildman–Crippen LogP) is 3.28. The molecule has 0 saturated carbocycles. The lowest BCUT2D eigenvalue weighted by Crippen LogP contribution is -2.09. The van der Waals surface area contributed by atoms with Crippen LogP contribution in [0.3, 0.4) is 0 Å². The van der Waals surface area contributed by atoms with Crippen molar-refractivity contribution in [1.82, 2.24) is 0 Å². The van der Waals surface area contributed by atoms with Gasteiger partial charge in [0.25, 0.3) is 0 Å². The number of benzene rings is 2. The number of carbonyl (C=O) groups excluding carboxylic acids is 1. The van der Waals surface area contributed by atoms with Crippen molar-refractivity contribution < 1.29 is 19.1 Å². The number of aromatic hydroxyl groups is 1. The van der Waals surface area contributed by atoms with Gasteiger partial charge in [-0.25, -0.2) is 4.79 Å². The number of phenols is 1. The van der Waals surface area contributed by atoms with Crippen molar-refractivity contribution in [3.63, 3.8) is 0 Å². The number of phenolic OH excluding ortho intramolecular Hbond substituents is 1. The number of nitriles is 1. The number of ether oxygens (including phenoxy) is 1. The van der Waals surface area contributed by atoms with Gasteiger partial charge in [-0.05, 0) is 31.0 Å². The first-order valence-electron chi connectivity index (χ1n) is 7.74. The number of carbonyl (C=O) groups is 1.